The highest BCUT2D eigenvalue weighted by molar-refractivity contribution is 6.24. The summed E-state index contributed by atoms with van der Waals surface area (Å²) in [6.07, 6.45) is 5.87. The largest absolute Gasteiger partial charge is 0.456 e. The van der Waals surface area contributed by atoms with Crippen molar-refractivity contribution in [3.05, 3.63) is 182 Å². The summed E-state index contributed by atoms with van der Waals surface area (Å²) < 4.78 is 6.13. The second-order valence-electron chi connectivity index (χ2n) is 12.8. The van der Waals surface area contributed by atoms with Crippen molar-refractivity contribution in [3.8, 4) is 44.5 Å². The third-order valence-corrected chi connectivity index (χ3v) is 9.97. The Labute approximate surface area is 292 Å². The summed E-state index contributed by atoms with van der Waals surface area (Å²) in [5.74, 6) is 0.838. The number of rotatable bonds is 6. The standard InChI is InChI=1S/C49H34O/c1-3-13-46-38(4-2)44-30-37(27-29-47(44)50-46)33-22-24-35(25-23-33)48-41-19-10-11-20-42(41)49(40-21-12-17-34-16-8-9-18-39(34)40)43-28-26-36(31-45(43)48)32-14-6-5-7-15-32/h3-31H,2H2,1H3/b13-3-. The van der Waals surface area contributed by atoms with Crippen molar-refractivity contribution in [2.24, 2.45) is 0 Å². The van der Waals surface area contributed by atoms with E-state index in [0.717, 1.165) is 33.4 Å². The van der Waals surface area contributed by atoms with Crippen LogP contribution in [0.5, 0.6) is 0 Å². The third kappa shape index (κ3) is 4.86. The fourth-order valence-electron chi connectivity index (χ4n) is 7.66. The predicted molar refractivity (Wildman–Crippen MR) is 215 cm³/mol. The molecule has 9 aromatic rings. The highest BCUT2D eigenvalue weighted by Gasteiger charge is 2.19. The summed E-state index contributed by atoms with van der Waals surface area (Å²) in [6.45, 7) is 6.06. The van der Waals surface area contributed by atoms with E-state index in [-0.39, 0.29) is 0 Å². The third-order valence-electron chi connectivity index (χ3n) is 9.97. The molecule has 0 saturated carbocycles. The van der Waals surface area contributed by atoms with Crippen molar-refractivity contribution in [3.63, 3.8) is 0 Å². The number of hydrogen-bond donors (Lipinski definition) is 0. The molecule has 1 aromatic heterocycles. The van der Waals surface area contributed by atoms with Gasteiger partial charge in [0, 0.05) is 10.9 Å². The monoisotopic (exact) mass is 638 g/mol. The zero-order chi connectivity index (χ0) is 33.6. The van der Waals surface area contributed by atoms with Gasteiger partial charge in [-0.15, -0.1) is 0 Å². The molecule has 236 valence electrons. The number of furan rings is 1. The zero-order valence-electron chi connectivity index (χ0n) is 27.9. The molecule has 0 bridgehead atoms. The SMILES string of the molecule is C=Cc1c(/C=C\C)oc2ccc(-c3ccc(-c4c5ccccc5c(-c5cccc6ccccc56)c5ccc(-c6ccccc6)cc45)cc3)cc12. The molecule has 0 radical (unpaired) electrons. The van der Waals surface area contributed by atoms with Crippen LogP contribution in [0.15, 0.2) is 175 Å². The Hall–Kier alpha value is -6.44. The molecule has 9 rings (SSSR count). The quantitative estimate of drug-likeness (QED) is 0.165. The van der Waals surface area contributed by atoms with Crippen molar-refractivity contribution >= 4 is 55.4 Å². The minimum Gasteiger partial charge on any atom is -0.456 e. The topological polar surface area (TPSA) is 13.1 Å². The molecule has 0 unspecified atom stereocenters. The van der Waals surface area contributed by atoms with Crippen LogP contribution in [0.3, 0.4) is 0 Å². The Bertz CT molecular complexity index is 2750. The lowest BCUT2D eigenvalue weighted by atomic mass is 9.83. The molecular formula is C49H34O. The summed E-state index contributed by atoms with van der Waals surface area (Å²) in [6, 6.07) is 57.4. The van der Waals surface area contributed by atoms with Gasteiger partial charge >= 0.3 is 0 Å². The van der Waals surface area contributed by atoms with Crippen molar-refractivity contribution in [1.29, 1.82) is 0 Å². The lowest BCUT2D eigenvalue weighted by Crippen LogP contribution is -1.92. The van der Waals surface area contributed by atoms with Gasteiger partial charge in [0.25, 0.3) is 0 Å². The molecule has 1 heterocycles. The number of fused-ring (bicyclic) bond motifs is 4. The van der Waals surface area contributed by atoms with Gasteiger partial charge in [-0.3, -0.25) is 0 Å². The van der Waals surface area contributed by atoms with E-state index in [4.69, 9.17) is 4.42 Å². The summed E-state index contributed by atoms with van der Waals surface area (Å²) in [7, 11) is 0. The maximum atomic E-state index is 6.13. The first-order valence-corrected chi connectivity index (χ1v) is 17.2. The molecule has 0 saturated heterocycles. The molecule has 1 heteroatoms. The van der Waals surface area contributed by atoms with Gasteiger partial charge in [-0.2, -0.15) is 0 Å². The first kappa shape index (κ1) is 29.7. The molecule has 8 aromatic carbocycles. The molecule has 0 aliphatic heterocycles. The van der Waals surface area contributed by atoms with E-state index in [9.17, 15) is 0 Å². The van der Waals surface area contributed by atoms with Crippen LogP contribution in [0, 0.1) is 0 Å². The Morgan fingerprint density at radius 1 is 0.460 bits per heavy atom. The fraction of sp³-hybridized carbons (Fsp3) is 0.0204. The molecule has 0 spiro atoms. The Kier molecular flexibility index (Phi) is 7.25. The highest BCUT2D eigenvalue weighted by Crippen LogP contribution is 2.46. The first-order valence-electron chi connectivity index (χ1n) is 17.2. The lowest BCUT2D eigenvalue weighted by Gasteiger charge is -2.20. The normalized spacial score (nSPS) is 11.7. The second kappa shape index (κ2) is 12.2. The van der Waals surface area contributed by atoms with Crippen molar-refractivity contribution in [2.45, 2.75) is 6.92 Å². The van der Waals surface area contributed by atoms with Crippen LogP contribution in [0.2, 0.25) is 0 Å². The van der Waals surface area contributed by atoms with Gasteiger partial charge in [-0.25, -0.2) is 0 Å². The summed E-state index contributed by atoms with van der Waals surface area (Å²) in [4.78, 5) is 0. The number of allylic oxidation sites excluding steroid dienone is 1. The van der Waals surface area contributed by atoms with Crippen LogP contribution in [-0.2, 0) is 0 Å². The predicted octanol–water partition coefficient (Wildman–Crippen LogP) is 14.2. The zero-order valence-corrected chi connectivity index (χ0v) is 27.9. The Morgan fingerprint density at radius 3 is 1.80 bits per heavy atom. The van der Waals surface area contributed by atoms with Crippen LogP contribution >= 0.6 is 0 Å². The van der Waals surface area contributed by atoms with Gasteiger partial charge in [-0.1, -0.05) is 158 Å². The van der Waals surface area contributed by atoms with Crippen LogP contribution < -0.4 is 0 Å². The molecule has 0 aliphatic rings. The highest BCUT2D eigenvalue weighted by atomic mass is 16.3. The van der Waals surface area contributed by atoms with Gasteiger partial charge < -0.3 is 4.42 Å². The van der Waals surface area contributed by atoms with E-state index in [1.54, 1.807) is 0 Å². The Morgan fingerprint density at radius 2 is 1.04 bits per heavy atom. The minimum absolute atomic E-state index is 0.838. The van der Waals surface area contributed by atoms with E-state index < -0.39 is 0 Å². The average Bonchev–Trinajstić information content (AvgIpc) is 3.53. The summed E-state index contributed by atoms with van der Waals surface area (Å²) in [5.41, 5.74) is 11.6. The van der Waals surface area contributed by atoms with Crippen LogP contribution in [0.25, 0.3) is 99.9 Å². The van der Waals surface area contributed by atoms with Crippen molar-refractivity contribution < 1.29 is 4.42 Å². The van der Waals surface area contributed by atoms with Crippen molar-refractivity contribution in [2.75, 3.05) is 0 Å². The maximum Gasteiger partial charge on any atom is 0.135 e. The molecule has 0 fully saturated rings. The maximum absolute atomic E-state index is 6.13. The fourth-order valence-corrected chi connectivity index (χ4v) is 7.66. The average molecular weight is 639 g/mol. The summed E-state index contributed by atoms with van der Waals surface area (Å²) in [5, 5.41) is 8.57. The second-order valence-corrected chi connectivity index (χ2v) is 12.8. The van der Waals surface area contributed by atoms with E-state index in [0.29, 0.717) is 0 Å². The van der Waals surface area contributed by atoms with Gasteiger partial charge in [0.2, 0.25) is 0 Å². The number of benzene rings is 8. The summed E-state index contributed by atoms with van der Waals surface area (Å²) >= 11 is 0. The van der Waals surface area contributed by atoms with Gasteiger partial charge in [0.15, 0.2) is 0 Å². The minimum atomic E-state index is 0.838. The van der Waals surface area contributed by atoms with Crippen LogP contribution in [0.4, 0.5) is 0 Å². The molecule has 50 heavy (non-hydrogen) atoms. The van der Waals surface area contributed by atoms with Crippen LogP contribution in [-0.4, -0.2) is 0 Å². The van der Waals surface area contributed by atoms with Crippen LogP contribution in [0.1, 0.15) is 18.2 Å². The van der Waals surface area contributed by atoms with E-state index in [2.05, 4.69) is 164 Å². The molecular weight excluding hydrogens is 605 g/mol. The van der Waals surface area contributed by atoms with E-state index >= 15 is 0 Å². The Balaban J connectivity index is 1.28. The molecule has 0 aliphatic carbocycles. The first-order chi connectivity index (χ1) is 24.7. The molecule has 0 atom stereocenters. The van der Waals surface area contributed by atoms with E-state index in [1.165, 1.54) is 65.7 Å². The van der Waals surface area contributed by atoms with Gasteiger partial charge in [-0.05, 0) is 108 Å². The number of hydrogen-bond acceptors (Lipinski definition) is 1. The molecule has 0 N–H and O–H groups in total. The lowest BCUT2D eigenvalue weighted by molar-refractivity contribution is 0.603. The molecule has 0 amide bonds. The van der Waals surface area contributed by atoms with Gasteiger partial charge in [0.1, 0.15) is 11.3 Å². The molecule has 1 nitrogen and oxygen atoms in total. The van der Waals surface area contributed by atoms with Gasteiger partial charge in [0.05, 0.1) is 0 Å². The smallest absolute Gasteiger partial charge is 0.135 e. The van der Waals surface area contributed by atoms with Crippen molar-refractivity contribution in [1.82, 2.24) is 0 Å². The van der Waals surface area contributed by atoms with E-state index in [1.807, 2.05) is 25.2 Å².